The number of para-hydroxylation sites is 2. The number of rotatable bonds is 12. The molecule has 208 valence electrons. The van der Waals surface area contributed by atoms with Gasteiger partial charge in [0.1, 0.15) is 18.3 Å². The third-order valence-electron chi connectivity index (χ3n) is 6.43. The number of nitrogens with zero attached hydrogens (tertiary/aromatic N) is 2. The van der Waals surface area contributed by atoms with Crippen LogP contribution in [0, 0.1) is 0 Å². The van der Waals surface area contributed by atoms with Crippen molar-refractivity contribution in [2.75, 3.05) is 18.0 Å². The van der Waals surface area contributed by atoms with Gasteiger partial charge in [-0.3, -0.25) is 13.9 Å². The maximum absolute atomic E-state index is 14.0. The van der Waals surface area contributed by atoms with E-state index in [2.05, 4.69) is 5.32 Å². The van der Waals surface area contributed by atoms with Crippen LogP contribution in [0.15, 0.2) is 83.8 Å². The van der Waals surface area contributed by atoms with Crippen LogP contribution in [0.5, 0.6) is 5.75 Å². The largest absolute Gasteiger partial charge is 0.495 e. The highest BCUT2D eigenvalue weighted by atomic mass is 35.5. The number of amides is 2. The zero-order valence-corrected chi connectivity index (χ0v) is 24.1. The molecule has 3 aromatic carbocycles. The van der Waals surface area contributed by atoms with Crippen molar-refractivity contribution in [3.8, 4) is 5.75 Å². The molecule has 0 fully saturated rings. The van der Waals surface area contributed by atoms with Crippen LogP contribution in [0.1, 0.15) is 32.8 Å². The van der Waals surface area contributed by atoms with Gasteiger partial charge in [-0.1, -0.05) is 67.1 Å². The molecule has 2 amide bonds. The summed E-state index contributed by atoms with van der Waals surface area (Å²) >= 11 is 6.40. The van der Waals surface area contributed by atoms with E-state index in [1.807, 2.05) is 13.8 Å². The van der Waals surface area contributed by atoms with E-state index in [0.717, 1.165) is 4.31 Å². The molecule has 0 spiro atoms. The smallest absolute Gasteiger partial charge is 0.264 e. The molecule has 0 aliphatic carbocycles. The predicted molar refractivity (Wildman–Crippen MR) is 153 cm³/mol. The second kappa shape index (κ2) is 13.5. The van der Waals surface area contributed by atoms with Crippen LogP contribution in [0.2, 0.25) is 5.02 Å². The summed E-state index contributed by atoms with van der Waals surface area (Å²) in [5, 5.41) is 3.34. The third-order valence-corrected chi connectivity index (χ3v) is 8.57. The Morgan fingerprint density at radius 1 is 0.949 bits per heavy atom. The van der Waals surface area contributed by atoms with E-state index in [-0.39, 0.29) is 34.8 Å². The first-order chi connectivity index (χ1) is 18.6. The van der Waals surface area contributed by atoms with Crippen molar-refractivity contribution in [3.05, 3.63) is 89.4 Å². The molecule has 10 heteroatoms. The van der Waals surface area contributed by atoms with Gasteiger partial charge in [0.25, 0.3) is 10.0 Å². The number of ether oxygens (including phenoxy) is 1. The molecule has 3 aromatic rings. The molecule has 2 atom stereocenters. The Kier molecular flexibility index (Phi) is 10.4. The second-order valence-electron chi connectivity index (χ2n) is 9.10. The molecule has 0 radical (unpaired) electrons. The molecular weight excluding hydrogens is 538 g/mol. The minimum Gasteiger partial charge on any atom is -0.495 e. The summed E-state index contributed by atoms with van der Waals surface area (Å²) in [4.78, 5) is 28.5. The van der Waals surface area contributed by atoms with Crippen molar-refractivity contribution in [1.29, 1.82) is 0 Å². The van der Waals surface area contributed by atoms with Gasteiger partial charge in [-0.05, 0) is 56.2 Å². The molecule has 39 heavy (non-hydrogen) atoms. The van der Waals surface area contributed by atoms with E-state index < -0.39 is 28.5 Å². The topological polar surface area (TPSA) is 96.0 Å². The van der Waals surface area contributed by atoms with Crippen molar-refractivity contribution in [2.45, 2.75) is 50.7 Å². The monoisotopic (exact) mass is 571 g/mol. The highest BCUT2D eigenvalue weighted by Gasteiger charge is 2.34. The third kappa shape index (κ3) is 7.30. The average Bonchev–Trinajstić information content (AvgIpc) is 2.95. The fourth-order valence-corrected chi connectivity index (χ4v) is 5.57. The zero-order valence-electron chi connectivity index (χ0n) is 22.5. The van der Waals surface area contributed by atoms with E-state index in [4.69, 9.17) is 16.3 Å². The number of carbonyl (C=O) groups is 2. The fourth-order valence-electron chi connectivity index (χ4n) is 3.93. The lowest BCUT2D eigenvalue weighted by Gasteiger charge is -2.33. The predicted octanol–water partition coefficient (Wildman–Crippen LogP) is 4.88. The Balaban J connectivity index is 2.06. The van der Waals surface area contributed by atoms with Crippen LogP contribution in [-0.4, -0.2) is 50.9 Å². The molecule has 3 rings (SSSR count). The lowest BCUT2D eigenvalue weighted by atomic mass is 10.1. The van der Waals surface area contributed by atoms with Gasteiger partial charge >= 0.3 is 0 Å². The minimum absolute atomic E-state index is 0.0126. The van der Waals surface area contributed by atoms with Crippen LogP contribution in [-0.2, 0) is 26.2 Å². The lowest BCUT2D eigenvalue weighted by molar-refractivity contribution is -0.139. The minimum atomic E-state index is -4.19. The first kappa shape index (κ1) is 30.0. The fraction of sp³-hybridized carbons (Fsp3) is 0.310. The van der Waals surface area contributed by atoms with Crippen LogP contribution in [0.4, 0.5) is 5.69 Å². The second-order valence-corrected chi connectivity index (χ2v) is 11.4. The molecular formula is C29H34ClN3O5S. The summed E-state index contributed by atoms with van der Waals surface area (Å²) in [5.74, 6) is -0.642. The highest BCUT2D eigenvalue weighted by molar-refractivity contribution is 7.92. The summed E-state index contributed by atoms with van der Waals surface area (Å²) in [5.41, 5.74) is 0.831. The molecule has 0 heterocycles. The van der Waals surface area contributed by atoms with Gasteiger partial charge in [0.2, 0.25) is 11.8 Å². The zero-order chi connectivity index (χ0) is 28.6. The molecule has 0 aromatic heterocycles. The number of carbonyl (C=O) groups excluding carboxylic acids is 2. The Morgan fingerprint density at radius 3 is 2.21 bits per heavy atom. The summed E-state index contributed by atoms with van der Waals surface area (Å²) in [6.45, 7) is 4.88. The number of sulfonamides is 1. The standard InChI is InChI=1S/C29H34ClN3O5S/c1-5-21(2)31-29(35)22(3)32(19-23-13-9-10-16-25(23)30)28(34)20-33(26-17-11-12-18-27(26)38-4)39(36,37)24-14-7-6-8-15-24/h6-18,21-22H,5,19-20H2,1-4H3,(H,31,35)/t21-,22-/m1/s1. The molecule has 0 aliphatic heterocycles. The molecule has 0 saturated carbocycles. The number of hydrogen-bond acceptors (Lipinski definition) is 5. The summed E-state index contributed by atoms with van der Waals surface area (Å²) in [6.07, 6.45) is 0.716. The summed E-state index contributed by atoms with van der Waals surface area (Å²) < 4.78 is 34.2. The first-order valence-corrected chi connectivity index (χ1v) is 14.5. The quantitative estimate of drug-likeness (QED) is 0.334. The van der Waals surface area contributed by atoms with Crippen molar-refractivity contribution in [3.63, 3.8) is 0 Å². The van der Waals surface area contributed by atoms with Gasteiger partial charge in [-0.2, -0.15) is 0 Å². The van der Waals surface area contributed by atoms with Crippen molar-refractivity contribution < 1.29 is 22.7 Å². The summed E-state index contributed by atoms with van der Waals surface area (Å²) in [7, 11) is -2.76. The maximum Gasteiger partial charge on any atom is 0.264 e. The van der Waals surface area contributed by atoms with E-state index in [0.29, 0.717) is 17.0 Å². The SMILES string of the molecule is CC[C@@H](C)NC(=O)[C@@H](C)N(Cc1ccccc1Cl)C(=O)CN(c1ccccc1OC)S(=O)(=O)c1ccccc1. The molecule has 0 aliphatic rings. The molecule has 1 N–H and O–H groups in total. The van der Waals surface area contributed by atoms with Gasteiger partial charge < -0.3 is 15.0 Å². The van der Waals surface area contributed by atoms with Gasteiger partial charge in [0.15, 0.2) is 0 Å². The Bertz CT molecular complexity index is 1380. The van der Waals surface area contributed by atoms with Crippen molar-refractivity contribution >= 4 is 39.1 Å². The number of hydrogen-bond donors (Lipinski definition) is 1. The summed E-state index contributed by atoms with van der Waals surface area (Å²) in [6, 6.07) is 20.5. The van der Waals surface area contributed by atoms with E-state index in [1.54, 1.807) is 73.7 Å². The lowest BCUT2D eigenvalue weighted by Crippen LogP contribution is -2.52. The molecule has 0 bridgehead atoms. The van der Waals surface area contributed by atoms with Crippen LogP contribution >= 0.6 is 11.6 Å². The van der Waals surface area contributed by atoms with Crippen molar-refractivity contribution in [2.24, 2.45) is 0 Å². The number of benzene rings is 3. The number of nitrogens with one attached hydrogen (secondary N) is 1. The molecule has 0 unspecified atom stereocenters. The van der Waals surface area contributed by atoms with Crippen molar-refractivity contribution in [1.82, 2.24) is 10.2 Å². The highest BCUT2D eigenvalue weighted by Crippen LogP contribution is 2.32. The van der Waals surface area contributed by atoms with Crippen LogP contribution in [0.25, 0.3) is 0 Å². The Labute approximate surface area is 235 Å². The number of anilines is 1. The molecule has 0 saturated heterocycles. The maximum atomic E-state index is 14.0. The van der Waals surface area contributed by atoms with Gasteiger partial charge in [0, 0.05) is 17.6 Å². The van der Waals surface area contributed by atoms with E-state index >= 15 is 0 Å². The number of halogens is 1. The average molecular weight is 572 g/mol. The Hall–Kier alpha value is -3.56. The van der Waals surface area contributed by atoms with Crippen LogP contribution in [0.3, 0.4) is 0 Å². The first-order valence-electron chi connectivity index (χ1n) is 12.6. The normalized spacial score (nSPS) is 12.7. The van der Waals surface area contributed by atoms with E-state index in [1.165, 1.54) is 24.1 Å². The van der Waals surface area contributed by atoms with Gasteiger partial charge in [0.05, 0.1) is 17.7 Å². The number of methoxy groups -OCH3 is 1. The van der Waals surface area contributed by atoms with E-state index in [9.17, 15) is 18.0 Å². The van der Waals surface area contributed by atoms with Gasteiger partial charge in [-0.15, -0.1) is 0 Å². The molecule has 8 nitrogen and oxygen atoms in total. The van der Waals surface area contributed by atoms with Gasteiger partial charge in [-0.25, -0.2) is 8.42 Å². The Morgan fingerprint density at radius 2 is 1.56 bits per heavy atom. The van der Waals surface area contributed by atoms with Crippen LogP contribution < -0.4 is 14.4 Å².